The van der Waals surface area contributed by atoms with E-state index >= 15 is 0 Å². The van der Waals surface area contributed by atoms with Crippen molar-refractivity contribution in [2.75, 3.05) is 6.54 Å². The van der Waals surface area contributed by atoms with E-state index in [0.29, 0.717) is 0 Å². The maximum atomic E-state index is 9.49. The third-order valence-electron chi connectivity index (χ3n) is 0.925. The molecule has 74 valence electrons. The Kier molecular flexibility index (Phi) is 6.28. The number of nitrogens with zero attached hydrogens (tertiary/aromatic N) is 2. The molecule has 0 fully saturated rings. The van der Waals surface area contributed by atoms with Crippen molar-refractivity contribution >= 4 is 12.0 Å². The van der Waals surface area contributed by atoms with E-state index in [9.17, 15) is 4.79 Å². The fourth-order valence-corrected chi connectivity index (χ4v) is 0.454. The van der Waals surface area contributed by atoms with Gasteiger partial charge < -0.3 is 10.2 Å². The maximum Gasteiger partial charge on any atom is 0.326 e. The minimum Gasteiger partial charge on any atom is -0.506 e. The minimum atomic E-state index is -1.12. The molecule has 0 atom stereocenters. The van der Waals surface area contributed by atoms with E-state index in [1.807, 2.05) is 0 Å². The molecular weight excluding hydrogens is 188 g/mol. The van der Waals surface area contributed by atoms with Gasteiger partial charge in [-0.2, -0.15) is 4.99 Å². The Morgan fingerprint density at radius 3 is 2.57 bits per heavy atom. The predicted octanol–water partition coefficient (Wildman–Crippen LogP) is 0.194. The van der Waals surface area contributed by atoms with Crippen LogP contribution >= 0.6 is 0 Å². The van der Waals surface area contributed by atoms with Crippen molar-refractivity contribution in [1.29, 1.82) is 0 Å². The van der Waals surface area contributed by atoms with Crippen molar-refractivity contribution in [2.45, 2.75) is 0 Å². The van der Waals surface area contributed by atoms with Crippen molar-refractivity contribution in [3.63, 3.8) is 0 Å². The summed E-state index contributed by atoms with van der Waals surface area (Å²) >= 11 is 0. The number of carbonyl (C=O) groups is 1. The summed E-state index contributed by atoms with van der Waals surface area (Å²) in [6.45, 7) is -0.483. The van der Waals surface area contributed by atoms with Gasteiger partial charge in [-0.3, -0.25) is 9.78 Å². The quantitative estimate of drug-likeness (QED) is 0.519. The first-order valence-electron chi connectivity index (χ1n) is 3.51. The first-order chi connectivity index (χ1) is 6.66. The summed E-state index contributed by atoms with van der Waals surface area (Å²) in [7, 11) is 0. The fraction of sp³-hybridized carbons (Fsp3) is 0.125. The summed E-state index contributed by atoms with van der Waals surface area (Å²) < 4.78 is 0. The number of aliphatic imine (C=N–C) groups is 1. The van der Waals surface area contributed by atoms with Crippen LogP contribution in [0.15, 0.2) is 29.5 Å². The molecule has 6 heteroatoms. The SMILES string of the molecule is O=C=NCC(=O)O.Oc1cccnc1. The second-order valence-electron chi connectivity index (χ2n) is 2.01. The molecule has 0 saturated carbocycles. The van der Waals surface area contributed by atoms with Crippen LogP contribution in [-0.2, 0) is 9.59 Å². The molecule has 0 bridgehead atoms. The molecule has 0 aromatic carbocycles. The summed E-state index contributed by atoms with van der Waals surface area (Å²) in [5.41, 5.74) is 0. The number of hydrogen-bond donors (Lipinski definition) is 2. The molecule has 1 aromatic rings. The van der Waals surface area contributed by atoms with Crippen LogP contribution in [0.25, 0.3) is 0 Å². The molecule has 0 aliphatic carbocycles. The first kappa shape index (κ1) is 11.8. The number of carbonyl (C=O) groups excluding carboxylic acids is 1. The van der Waals surface area contributed by atoms with Crippen molar-refractivity contribution < 1.29 is 19.8 Å². The molecule has 0 aliphatic heterocycles. The van der Waals surface area contributed by atoms with E-state index in [1.165, 1.54) is 6.20 Å². The molecule has 1 heterocycles. The van der Waals surface area contributed by atoms with Crippen molar-refractivity contribution in [2.24, 2.45) is 4.99 Å². The minimum absolute atomic E-state index is 0.211. The van der Waals surface area contributed by atoms with Crippen molar-refractivity contribution in [1.82, 2.24) is 4.98 Å². The average Bonchev–Trinajstić information content (AvgIpc) is 2.17. The summed E-state index contributed by atoms with van der Waals surface area (Å²) in [6, 6.07) is 3.25. The first-order valence-corrected chi connectivity index (χ1v) is 3.51. The normalized spacial score (nSPS) is 7.71. The average molecular weight is 196 g/mol. The highest BCUT2D eigenvalue weighted by Crippen LogP contribution is 1.99. The Morgan fingerprint density at radius 2 is 2.36 bits per heavy atom. The van der Waals surface area contributed by atoms with Gasteiger partial charge in [0.25, 0.3) is 0 Å². The molecule has 14 heavy (non-hydrogen) atoms. The van der Waals surface area contributed by atoms with Crippen LogP contribution in [-0.4, -0.2) is 33.8 Å². The highest BCUT2D eigenvalue weighted by molar-refractivity contribution is 5.70. The Morgan fingerprint density at radius 1 is 1.64 bits per heavy atom. The zero-order chi connectivity index (χ0) is 10.8. The number of isocyanates is 1. The Labute approximate surface area is 79.6 Å². The lowest BCUT2D eigenvalue weighted by Crippen LogP contribution is -1.97. The number of pyridine rings is 1. The third kappa shape index (κ3) is 7.90. The zero-order valence-corrected chi connectivity index (χ0v) is 7.12. The molecule has 0 saturated heterocycles. The number of carboxylic acid groups (broad SMARTS) is 1. The molecule has 0 amide bonds. The summed E-state index contributed by atoms with van der Waals surface area (Å²) in [4.78, 5) is 25.0. The van der Waals surface area contributed by atoms with Crippen LogP contribution in [0.3, 0.4) is 0 Å². The highest BCUT2D eigenvalue weighted by atomic mass is 16.4. The van der Waals surface area contributed by atoms with Gasteiger partial charge in [-0.1, -0.05) is 0 Å². The van der Waals surface area contributed by atoms with Crippen LogP contribution < -0.4 is 0 Å². The van der Waals surface area contributed by atoms with Crippen LogP contribution in [0.2, 0.25) is 0 Å². The Hall–Kier alpha value is -2.20. The molecule has 1 rings (SSSR count). The number of aliphatic carboxylic acids is 1. The number of hydrogen-bond acceptors (Lipinski definition) is 5. The van der Waals surface area contributed by atoms with E-state index in [-0.39, 0.29) is 5.75 Å². The van der Waals surface area contributed by atoms with E-state index in [2.05, 4.69) is 9.98 Å². The molecule has 0 radical (unpaired) electrons. The largest absolute Gasteiger partial charge is 0.506 e. The van der Waals surface area contributed by atoms with Gasteiger partial charge in [0, 0.05) is 6.20 Å². The van der Waals surface area contributed by atoms with Crippen molar-refractivity contribution in [3.8, 4) is 5.75 Å². The smallest absolute Gasteiger partial charge is 0.326 e. The maximum absolute atomic E-state index is 9.49. The monoisotopic (exact) mass is 196 g/mol. The van der Waals surface area contributed by atoms with E-state index in [4.69, 9.17) is 15.0 Å². The fourth-order valence-electron chi connectivity index (χ4n) is 0.454. The number of aromatic nitrogens is 1. The van der Waals surface area contributed by atoms with E-state index in [0.717, 1.165) is 6.08 Å². The van der Waals surface area contributed by atoms with Crippen LogP contribution in [0.4, 0.5) is 0 Å². The van der Waals surface area contributed by atoms with Gasteiger partial charge in [0.2, 0.25) is 6.08 Å². The standard InChI is InChI=1S/C5H5NO.C3H3NO3/c7-5-2-1-3-6-4-5;5-2-4-1-3(6)7/h1-4,7H;1H2,(H,6,7). The lowest BCUT2D eigenvalue weighted by atomic mass is 10.5. The zero-order valence-electron chi connectivity index (χ0n) is 7.12. The van der Waals surface area contributed by atoms with Gasteiger partial charge in [-0.05, 0) is 12.1 Å². The summed E-state index contributed by atoms with van der Waals surface area (Å²) in [5.74, 6) is -0.911. The van der Waals surface area contributed by atoms with Gasteiger partial charge in [-0.15, -0.1) is 0 Å². The Bertz CT molecular complexity index is 319. The van der Waals surface area contributed by atoms with Crippen molar-refractivity contribution in [3.05, 3.63) is 24.5 Å². The second-order valence-corrected chi connectivity index (χ2v) is 2.01. The molecule has 0 aliphatic rings. The van der Waals surface area contributed by atoms with Crippen LogP contribution in [0, 0.1) is 0 Å². The molecular formula is C8H8N2O4. The van der Waals surface area contributed by atoms with Gasteiger partial charge in [0.15, 0.2) is 0 Å². The van der Waals surface area contributed by atoms with Crippen LogP contribution in [0.1, 0.15) is 0 Å². The van der Waals surface area contributed by atoms with Gasteiger partial charge >= 0.3 is 5.97 Å². The molecule has 0 unspecified atom stereocenters. The summed E-state index contributed by atoms with van der Waals surface area (Å²) in [5, 5.41) is 16.3. The molecule has 1 aromatic heterocycles. The highest BCUT2D eigenvalue weighted by Gasteiger charge is 1.87. The predicted molar refractivity (Wildman–Crippen MR) is 46.5 cm³/mol. The summed E-state index contributed by atoms with van der Waals surface area (Å²) in [6.07, 6.45) is 4.09. The lowest BCUT2D eigenvalue weighted by Gasteiger charge is -1.81. The number of carboxylic acids is 1. The van der Waals surface area contributed by atoms with Crippen LogP contribution in [0.5, 0.6) is 5.75 Å². The van der Waals surface area contributed by atoms with E-state index in [1.54, 1.807) is 18.3 Å². The van der Waals surface area contributed by atoms with Gasteiger partial charge in [0.05, 0.1) is 6.20 Å². The lowest BCUT2D eigenvalue weighted by molar-refractivity contribution is -0.135. The van der Waals surface area contributed by atoms with Gasteiger partial charge in [-0.25, -0.2) is 4.79 Å². The van der Waals surface area contributed by atoms with E-state index < -0.39 is 12.5 Å². The van der Waals surface area contributed by atoms with Gasteiger partial charge in [0.1, 0.15) is 12.3 Å². The number of rotatable bonds is 2. The topological polar surface area (TPSA) is 99.9 Å². The third-order valence-corrected chi connectivity index (χ3v) is 0.925. The second kappa shape index (κ2) is 7.45. The molecule has 2 N–H and O–H groups in total. The number of aromatic hydroxyl groups is 1. The molecule has 6 nitrogen and oxygen atoms in total. The Balaban J connectivity index is 0.000000241. The molecule has 0 spiro atoms.